The highest BCUT2D eigenvalue weighted by molar-refractivity contribution is 4.94. The monoisotopic (exact) mass is 199 g/mol. The van der Waals surface area contributed by atoms with Crippen molar-refractivity contribution >= 4 is 0 Å². The maximum Gasteiger partial charge on any atom is 0.0779 e. The van der Waals surface area contributed by atoms with E-state index in [4.69, 9.17) is 9.47 Å². The van der Waals surface area contributed by atoms with Crippen molar-refractivity contribution in [3.63, 3.8) is 0 Å². The second-order valence-corrected chi connectivity index (χ2v) is 4.93. The molecule has 0 aromatic rings. The van der Waals surface area contributed by atoms with E-state index in [1.54, 1.807) is 0 Å². The molecule has 2 fully saturated rings. The number of nitrogens with one attached hydrogen (secondary N) is 1. The van der Waals surface area contributed by atoms with Gasteiger partial charge in [-0.2, -0.15) is 0 Å². The molecule has 3 atom stereocenters. The summed E-state index contributed by atoms with van der Waals surface area (Å²) in [5, 5.41) is 3.67. The molecule has 1 N–H and O–H groups in total. The van der Waals surface area contributed by atoms with Crippen LogP contribution < -0.4 is 5.32 Å². The molecule has 2 rings (SSSR count). The van der Waals surface area contributed by atoms with E-state index in [-0.39, 0.29) is 5.60 Å². The SMILES string of the molecule is CC1OCCC1NC1CCOC1(C)C. The molecule has 0 amide bonds. The van der Waals surface area contributed by atoms with Crippen molar-refractivity contribution in [2.24, 2.45) is 0 Å². The van der Waals surface area contributed by atoms with Crippen LogP contribution in [-0.2, 0) is 9.47 Å². The molecule has 2 aliphatic rings. The minimum atomic E-state index is -0.0116. The molecule has 0 saturated carbocycles. The van der Waals surface area contributed by atoms with Crippen LogP contribution in [0.3, 0.4) is 0 Å². The van der Waals surface area contributed by atoms with Crippen LogP contribution >= 0.6 is 0 Å². The van der Waals surface area contributed by atoms with Gasteiger partial charge in [0.15, 0.2) is 0 Å². The fourth-order valence-corrected chi connectivity index (χ4v) is 2.38. The smallest absolute Gasteiger partial charge is 0.0779 e. The second-order valence-electron chi connectivity index (χ2n) is 4.93. The topological polar surface area (TPSA) is 30.5 Å². The summed E-state index contributed by atoms with van der Waals surface area (Å²) in [6.07, 6.45) is 2.61. The largest absolute Gasteiger partial charge is 0.377 e. The third-order valence-corrected chi connectivity index (χ3v) is 3.51. The zero-order valence-electron chi connectivity index (χ0n) is 9.38. The molecule has 0 aliphatic carbocycles. The van der Waals surface area contributed by atoms with Crippen LogP contribution in [0.15, 0.2) is 0 Å². The molecule has 0 bridgehead atoms. The van der Waals surface area contributed by atoms with Gasteiger partial charge in [0.2, 0.25) is 0 Å². The molecule has 0 aromatic heterocycles. The van der Waals surface area contributed by atoms with Crippen LogP contribution in [0.25, 0.3) is 0 Å². The average molecular weight is 199 g/mol. The van der Waals surface area contributed by atoms with E-state index in [9.17, 15) is 0 Å². The van der Waals surface area contributed by atoms with Gasteiger partial charge in [0.05, 0.1) is 11.7 Å². The molecule has 3 nitrogen and oxygen atoms in total. The predicted molar refractivity (Wildman–Crippen MR) is 55.4 cm³/mol. The third-order valence-electron chi connectivity index (χ3n) is 3.51. The average Bonchev–Trinajstić information content (AvgIpc) is 2.62. The Morgan fingerprint density at radius 1 is 1.21 bits per heavy atom. The Labute approximate surface area is 86.2 Å². The highest BCUT2D eigenvalue weighted by Crippen LogP contribution is 2.26. The summed E-state index contributed by atoms with van der Waals surface area (Å²) >= 11 is 0. The van der Waals surface area contributed by atoms with Gasteiger partial charge in [0, 0.05) is 25.3 Å². The molecule has 0 aromatic carbocycles. The summed E-state index contributed by atoms with van der Waals surface area (Å²) in [6, 6.07) is 0.998. The van der Waals surface area contributed by atoms with Gasteiger partial charge in [-0.3, -0.25) is 0 Å². The second kappa shape index (κ2) is 3.80. The van der Waals surface area contributed by atoms with E-state index in [0.717, 1.165) is 26.1 Å². The van der Waals surface area contributed by atoms with E-state index in [2.05, 4.69) is 26.1 Å². The summed E-state index contributed by atoms with van der Waals surface area (Å²) < 4.78 is 11.2. The number of rotatable bonds is 2. The predicted octanol–water partition coefficient (Wildman–Crippen LogP) is 1.32. The zero-order valence-corrected chi connectivity index (χ0v) is 9.38. The van der Waals surface area contributed by atoms with E-state index in [1.165, 1.54) is 0 Å². The molecule has 2 aliphatic heterocycles. The lowest BCUT2D eigenvalue weighted by molar-refractivity contribution is 0.0169. The first-order valence-corrected chi connectivity index (χ1v) is 5.61. The quantitative estimate of drug-likeness (QED) is 0.727. The van der Waals surface area contributed by atoms with E-state index in [1.807, 2.05) is 0 Å². The van der Waals surface area contributed by atoms with E-state index < -0.39 is 0 Å². The molecule has 14 heavy (non-hydrogen) atoms. The molecule has 3 unspecified atom stereocenters. The Morgan fingerprint density at radius 2 is 2.00 bits per heavy atom. The van der Waals surface area contributed by atoms with Crippen molar-refractivity contribution < 1.29 is 9.47 Å². The van der Waals surface area contributed by atoms with Gasteiger partial charge in [-0.05, 0) is 33.6 Å². The van der Waals surface area contributed by atoms with Crippen molar-refractivity contribution in [3.8, 4) is 0 Å². The van der Waals surface area contributed by atoms with E-state index in [0.29, 0.717) is 18.2 Å². The fourth-order valence-electron chi connectivity index (χ4n) is 2.38. The maximum atomic E-state index is 5.70. The van der Waals surface area contributed by atoms with Crippen LogP contribution in [0.4, 0.5) is 0 Å². The Kier molecular flexibility index (Phi) is 2.82. The summed E-state index contributed by atoms with van der Waals surface area (Å²) in [4.78, 5) is 0. The molecule has 2 heterocycles. The first-order valence-electron chi connectivity index (χ1n) is 5.61. The van der Waals surface area contributed by atoms with Crippen LogP contribution in [0.1, 0.15) is 33.6 Å². The highest BCUT2D eigenvalue weighted by atomic mass is 16.5. The van der Waals surface area contributed by atoms with Crippen molar-refractivity contribution in [1.29, 1.82) is 0 Å². The minimum Gasteiger partial charge on any atom is -0.377 e. The van der Waals surface area contributed by atoms with Crippen LogP contribution in [0.2, 0.25) is 0 Å². The summed E-state index contributed by atoms with van der Waals surface area (Å²) in [6.45, 7) is 8.25. The molecule has 2 saturated heterocycles. The van der Waals surface area contributed by atoms with Gasteiger partial charge in [-0.15, -0.1) is 0 Å². The van der Waals surface area contributed by atoms with Gasteiger partial charge in [-0.25, -0.2) is 0 Å². The summed E-state index contributed by atoms with van der Waals surface area (Å²) in [5.41, 5.74) is -0.0116. The number of hydrogen-bond acceptors (Lipinski definition) is 3. The Bertz CT molecular complexity index is 205. The van der Waals surface area contributed by atoms with Crippen LogP contribution in [0.5, 0.6) is 0 Å². The molecule has 0 spiro atoms. The van der Waals surface area contributed by atoms with Crippen molar-refractivity contribution in [3.05, 3.63) is 0 Å². The number of ether oxygens (including phenoxy) is 2. The summed E-state index contributed by atoms with van der Waals surface area (Å²) in [7, 11) is 0. The van der Waals surface area contributed by atoms with E-state index >= 15 is 0 Å². The first kappa shape index (κ1) is 10.4. The first-order chi connectivity index (χ1) is 6.59. The lowest BCUT2D eigenvalue weighted by Gasteiger charge is -2.30. The van der Waals surface area contributed by atoms with Gasteiger partial charge < -0.3 is 14.8 Å². The number of hydrogen-bond donors (Lipinski definition) is 1. The Balaban J connectivity index is 1.90. The summed E-state index contributed by atoms with van der Waals surface area (Å²) in [5.74, 6) is 0. The zero-order chi connectivity index (χ0) is 10.2. The normalized spacial score (nSPS) is 41.8. The standard InChI is InChI=1S/C11H21NO2/c1-8-9(4-6-13-8)12-10-5-7-14-11(10,2)3/h8-10,12H,4-7H2,1-3H3. The Hall–Kier alpha value is -0.120. The van der Waals surface area contributed by atoms with Crippen LogP contribution in [-0.4, -0.2) is 37.0 Å². The maximum absolute atomic E-state index is 5.70. The minimum absolute atomic E-state index is 0.0116. The molecule has 3 heteroatoms. The third kappa shape index (κ3) is 1.95. The van der Waals surface area contributed by atoms with Crippen molar-refractivity contribution in [2.45, 2.75) is 57.4 Å². The van der Waals surface area contributed by atoms with Gasteiger partial charge in [0.1, 0.15) is 0 Å². The van der Waals surface area contributed by atoms with Gasteiger partial charge in [0.25, 0.3) is 0 Å². The van der Waals surface area contributed by atoms with Gasteiger partial charge >= 0.3 is 0 Å². The lowest BCUT2D eigenvalue weighted by Crippen LogP contribution is -2.50. The fraction of sp³-hybridized carbons (Fsp3) is 1.00. The molecule has 0 radical (unpaired) electrons. The lowest BCUT2D eigenvalue weighted by atomic mass is 9.97. The van der Waals surface area contributed by atoms with Crippen molar-refractivity contribution in [1.82, 2.24) is 5.32 Å². The Morgan fingerprint density at radius 3 is 2.50 bits per heavy atom. The van der Waals surface area contributed by atoms with Gasteiger partial charge in [-0.1, -0.05) is 0 Å². The molecular weight excluding hydrogens is 178 g/mol. The van der Waals surface area contributed by atoms with Crippen LogP contribution in [0, 0.1) is 0 Å². The molecular formula is C11H21NO2. The van der Waals surface area contributed by atoms with Crippen molar-refractivity contribution in [2.75, 3.05) is 13.2 Å². The molecule has 82 valence electrons. The highest BCUT2D eigenvalue weighted by Gasteiger charge is 2.38.